The molecular formula is C16H17BrN2O2. The molecular weight excluding hydrogens is 332 g/mol. The lowest BCUT2D eigenvalue weighted by Gasteiger charge is -2.17. The van der Waals surface area contributed by atoms with Crippen molar-refractivity contribution < 1.29 is 9.53 Å². The minimum atomic E-state index is -0.0577. The molecule has 0 saturated heterocycles. The fourth-order valence-corrected chi connectivity index (χ4v) is 2.32. The van der Waals surface area contributed by atoms with Crippen LogP contribution in [0.15, 0.2) is 47.2 Å². The number of rotatable bonds is 5. The molecule has 110 valence electrons. The van der Waals surface area contributed by atoms with Gasteiger partial charge in [0.15, 0.2) is 0 Å². The molecule has 0 bridgehead atoms. The van der Waals surface area contributed by atoms with Crippen LogP contribution in [0.2, 0.25) is 0 Å². The minimum Gasteiger partial charge on any atom is -0.494 e. The third kappa shape index (κ3) is 4.29. The smallest absolute Gasteiger partial charge is 0.255 e. The zero-order valence-electron chi connectivity index (χ0n) is 12.0. The number of benzene rings is 1. The van der Waals surface area contributed by atoms with Gasteiger partial charge in [-0.15, -0.1) is 0 Å². The number of hydrogen-bond donors (Lipinski definition) is 0. The molecule has 0 fully saturated rings. The fraction of sp³-hybridized carbons (Fsp3) is 0.250. The van der Waals surface area contributed by atoms with Gasteiger partial charge in [0.05, 0.1) is 12.2 Å². The first-order chi connectivity index (χ1) is 10.1. The number of carbonyl (C=O) groups is 1. The molecule has 0 unspecified atom stereocenters. The minimum absolute atomic E-state index is 0.0577. The Labute approximate surface area is 132 Å². The van der Waals surface area contributed by atoms with E-state index in [1.807, 2.05) is 31.2 Å². The summed E-state index contributed by atoms with van der Waals surface area (Å²) >= 11 is 3.32. The van der Waals surface area contributed by atoms with Crippen LogP contribution in [0.5, 0.6) is 5.75 Å². The molecule has 1 aromatic heterocycles. The number of ether oxygens (including phenoxy) is 1. The molecule has 1 aromatic carbocycles. The monoisotopic (exact) mass is 348 g/mol. The maximum atomic E-state index is 12.3. The summed E-state index contributed by atoms with van der Waals surface area (Å²) < 4.78 is 6.20. The summed E-state index contributed by atoms with van der Waals surface area (Å²) in [4.78, 5) is 18.0. The molecule has 0 N–H and O–H groups in total. The topological polar surface area (TPSA) is 42.4 Å². The molecule has 1 amide bonds. The SMILES string of the molecule is CCOc1ccc(CN(C)C(=O)c2cncc(Br)c2)cc1. The normalized spacial score (nSPS) is 10.2. The van der Waals surface area contributed by atoms with Crippen LogP contribution in [-0.2, 0) is 6.54 Å². The van der Waals surface area contributed by atoms with E-state index in [9.17, 15) is 4.79 Å². The Morgan fingerprint density at radius 1 is 1.29 bits per heavy atom. The highest BCUT2D eigenvalue weighted by Gasteiger charge is 2.12. The molecule has 0 aliphatic rings. The van der Waals surface area contributed by atoms with Gasteiger partial charge in [0, 0.05) is 30.5 Å². The van der Waals surface area contributed by atoms with Crippen molar-refractivity contribution in [3.8, 4) is 5.75 Å². The van der Waals surface area contributed by atoms with Crippen LogP contribution in [0, 0.1) is 0 Å². The van der Waals surface area contributed by atoms with E-state index in [4.69, 9.17) is 4.74 Å². The number of hydrogen-bond acceptors (Lipinski definition) is 3. The van der Waals surface area contributed by atoms with E-state index in [1.165, 1.54) is 0 Å². The summed E-state index contributed by atoms with van der Waals surface area (Å²) in [6.07, 6.45) is 3.23. The summed E-state index contributed by atoms with van der Waals surface area (Å²) in [7, 11) is 1.78. The summed E-state index contributed by atoms with van der Waals surface area (Å²) in [5, 5.41) is 0. The quantitative estimate of drug-likeness (QED) is 0.830. The summed E-state index contributed by atoms with van der Waals surface area (Å²) in [6.45, 7) is 3.14. The number of halogens is 1. The van der Waals surface area contributed by atoms with Gasteiger partial charge in [-0.05, 0) is 46.6 Å². The van der Waals surface area contributed by atoms with Crippen molar-refractivity contribution in [3.63, 3.8) is 0 Å². The van der Waals surface area contributed by atoms with Gasteiger partial charge in [0.1, 0.15) is 5.75 Å². The molecule has 0 aliphatic heterocycles. The molecule has 1 heterocycles. The van der Waals surface area contributed by atoms with Crippen molar-refractivity contribution >= 4 is 21.8 Å². The van der Waals surface area contributed by atoms with E-state index in [0.29, 0.717) is 18.7 Å². The van der Waals surface area contributed by atoms with Crippen molar-refractivity contribution in [1.29, 1.82) is 0 Å². The number of pyridine rings is 1. The predicted octanol–water partition coefficient (Wildman–Crippen LogP) is 3.52. The van der Waals surface area contributed by atoms with Gasteiger partial charge in [-0.3, -0.25) is 9.78 Å². The Kier molecular flexibility index (Phi) is 5.33. The van der Waals surface area contributed by atoms with Crippen molar-refractivity contribution in [2.75, 3.05) is 13.7 Å². The van der Waals surface area contributed by atoms with Gasteiger partial charge in [0.25, 0.3) is 5.91 Å². The highest BCUT2D eigenvalue weighted by molar-refractivity contribution is 9.10. The van der Waals surface area contributed by atoms with Crippen LogP contribution in [0.25, 0.3) is 0 Å². The maximum absolute atomic E-state index is 12.3. The highest BCUT2D eigenvalue weighted by atomic mass is 79.9. The molecule has 2 aromatic rings. The summed E-state index contributed by atoms with van der Waals surface area (Å²) in [6, 6.07) is 9.53. The second-order valence-corrected chi connectivity index (χ2v) is 5.55. The van der Waals surface area contributed by atoms with Gasteiger partial charge in [-0.2, -0.15) is 0 Å². The first-order valence-electron chi connectivity index (χ1n) is 6.68. The second-order valence-electron chi connectivity index (χ2n) is 4.63. The molecule has 0 atom stereocenters. The van der Waals surface area contributed by atoms with Gasteiger partial charge in [-0.1, -0.05) is 12.1 Å². The molecule has 0 aliphatic carbocycles. The molecule has 5 heteroatoms. The first kappa shape index (κ1) is 15.5. The number of aromatic nitrogens is 1. The van der Waals surface area contributed by atoms with Gasteiger partial charge >= 0.3 is 0 Å². The van der Waals surface area contributed by atoms with E-state index in [-0.39, 0.29) is 5.91 Å². The van der Waals surface area contributed by atoms with Crippen molar-refractivity contribution in [1.82, 2.24) is 9.88 Å². The lowest BCUT2D eigenvalue weighted by atomic mass is 10.2. The zero-order chi connectivity index (χ0) is 15.2. The van der Waals surface area contributed by atoms with Crippen molar-refractivity contribution in [2.45, 2.75) is 13.5 Å². The van der Waals surface area contributed by atoms with Gasteiger partial charge in [0.2, 0.25) is 0 Å². The average Bonchev–Trinajstić information content (AvgIpc) is 2.48. The molecule has 0 spiro atoms. The predicted molar refractivity (Wildman–Crippen MR) is 85.3 cm³/mol. The Morgan fingerprint density at radius 3 is 2.62 bits per heavy atom. The van der Waals surface area contributed by atoms with E-state index in [2.05, 4.69) is 20.9 Å². The molecule has 2 rings (SSSR count). The van der Waals surface area contributed by atoms with E-state index >= 15 is 0 Å². The van der Waals surface area contributed by atoms with Gasteiger partial charge < -0.3 is 9.64 Å². The Balaban J connectivity index is 2.03. The fourth-order valence-electron chi connectivity index (χ4n) is 1.95. The van der Waals surface area contributed by atoms with Gasteiger partial charge in [-0.25, -0.2) is 0 Å². The summed E-state index contributed by atoms with van der Waals surface area (Å²) in [5.74, 6) is 0.782. The number of nitrogens with zero attached hydrogens (tertiary/aromatic N) is 2. The maximum Gasteiger partial charge on any atom is 0.255 e. The number of amides is 1. The molecule has 0 saturated carbocycles. The largest absolute Gasteiger partial charge is 0.494 e. The lowest BCUT2D eigenvalue weighted by Crippen LogP contribution is -2.26. The van der Waals surface area contributed by atoms with Crippen LogP contribution >= 0.6 is 15.9 Å². The Hall–Kier alpha value is -1.88. The van der Waals surface area contributed by atoms with E-state index in [1.54, 1.807) is 30.4 Å². The van der Waals surface area contributed by atoms with Crippen molar-refractivity contribution in [2.24, 2.45) is 0 Å². The van der Waals surface area contributed by atoms with Crippen LogP contribution < -0.4 is 4.74 Å². The third-order valence-corrected chi connectivity index (χ3v) is 3.39. The lowest BCUT2D eigenvalue weighted by molar-refractivity contribution is 0.0784. The zero-order valence-corrected chi connectivity index (χ0v) is 13.6. The first-order valence-corrected chi connectivity index (χ1v) is 7.47. The molecule has 4 nitrogen and oxygen atoms in total. The Morgan fingerprint density at radius 2 is 2.00 bits per heavy atom. The van der Waals surface area contributed by atoms with Crippen LogP contribution in [-0.4, -0.2) is 29.4 Å². The second kappa shape index (κ2) is 7.22. The molecule has 0 radical (unpaired) electrons. The average molecular weight is 349 g/mol. The summed E-state index contributed by atoms with van der Waals surface area (Å²) in [5.41, 5.74) is 1.62. The molecule has 21 heavy (non-hydrogen) atoms. The van der Waals surface area contributed by atoms with Crippen LogP contribution in [0.3, 0.4) is 0 Å². The van der Waals surface area contributed by atoms with E-state index in [0.717, 1.165) is 15.8 Å². The van der Waals surface area contributed by atoms with Crippen LogP contribution in [0.1, 0.15) is 22.8 Å². The Bertz CT molecular complexity index is 614. The third-order valence-electron chi connectivity index (χ3n) is 2.95. The standard InChI is InChI=1S/C16H17BrN2O2/c1-3-21-15-6-4-12(5-7-15)11-19(2)16(20)13-8-14(17)10-18-9-13/h4-10H,3,11H2,1-2H3. The van der Waals surface area contributed by atoms with Crippen molar-refractivity contribution in [3.05, 3.63) is 58.3 Å². The highest BCUT2D eigenvalue weighted by Crippen LogP contribution is 2.15. The van der Waals surface area contributed by atoms with Crippen LogP contribution in [0.4, 0.5) is 0 Å². The number of carbonyl (C=O) groups excluding carboxylic acids is 1. The van der Waals surface area contributed by atoms with E-state index < -0.39 is 0 Å².